The molecule has 14 nitrogen and oxygen atoms in total. The smallest absolute Gasteiger partial charge is 0.336 e. The van der Waals surface area contributed by atoms with Crippen LogP contribution in [0.25, 0.3) is 43.1 Å². The standard InChI is InChI=1S/C20H26O2.C16H16O4.C14H12O4.C12H8O4/c1-2-3-4-9-16-14-15-17(10-5-8-13-20(21)22)19-12-7-6-11-18(16)19;17-15(18)9-7-11-5-6-12(8-10-16(19)20)14-4-2-1-3-13(11)14;15-13(16)7-9-5-6-10(8-14(17)18)12-4-2-1-3-11(9)12;13-11(14)9-5-6-10(12(15)16)8-4-2-1-3-7(8)9/h6-7,11-12,14-15H,2-5,8-10,13H2,1H3,(H,21,22);1-6H,7-10H2,(H,17,18)(H,19,20);1-6H,7-8H2,(H,15,16)(H,17,18);1-6H,(H,13,14)(H,15,16). The number of unbranched alkanes of at least 4 members (excludes halogenated alkanes) is 3. The van der Waals surface area contributed by atoms with Gasteiger partial charge in [-0.25, -0.2) is 9.59 Å². The molecule has 0 fully saturated rings. The molecule has 0 spiro atoms. The summed E-state index contributed by atoms with van der Waals surface area (Å²) < 4.78 is 0. The van der Waals surface area contributed by atoms with Crippen LogP contribution < -0.4 is 0 Å². The maximum absolute atomic E-state index is 10.9. The van der Waals surface area contributed by atoms with Crippen molar-refractivity contribution in [3.8, 4) is 0 Å². The zero-order valence-corrected chi connectivity index (χ0v) is 42.2. The van der Waals surface area contributed by atoms with Gasteiger partial charge in [0, 0.05) is 19.3 Å². The SMILES string of the molecule is CCCCCc1ccc(CCCCC(=O)O)c2ccccc12.O=C(O)CCc1ccc(CCC(=O)O)c2ccccc12.O=C(O)Cc1ccc(CC(=O)O)c2ccccc12.O=C(O)c1ccc(C(=O)O)c2ccccc12. The Kier molecular flexibility index (Phi) is 22.2. The molecule has 0 saturated carbocycles. The first-order chi connectivity index (χ1) is 36.5. The van der Waals surface area contributed by atoms with Crippen LogP contribution in [0.1, 0.15) is 112 Å². The number of benzene rings is 8. The number of carboxylic acids is 7. The van der Waals surface area contributed by atoms with E-state index in [1.807, 2.05) is 60.7 Å². The number of rotatable bonds is 21. The molecule has 14 heteroatoms. The molecule has 0 aliphatic rings. The molecule has 0 heterocycles. The molecule has 8 rings (SSSR count). The molecule has 8 aromatic carbocycles. The average molecular weight is 1030 g/mol. The first kappa shape index (κ1) is 58.0. The fraction of sp³-hybridized carbons (Fsp3) is 0.242. The van der Waals surface area contributed by atoms with E-state index >= 15 is 0 Å². The van der Waals surface area contributed by atoms with Crippen LogP contribution >= 0.6 is 0 Å². The van der Waals surface area contributed by atoms with E-state index < -0.39 is 41.8 Å². The molecule has 0 aliphatic carbocycles. The Morgan fingerprint density at radius 1 is 0.289 bits per heavy atom. The van der Waals surface area contributed by atoms with Gasteiger partial charge in [-0.15, -0.1) is 0 Å². The number of carboxylic acid groups (broad SMARTS) is 7. The molecule has 394 valence electrons. The quantitative estimate of drug-likeness (QED) is 0.0330. The third kappa shape index (κ3) is 17.1. The van der Waals surface area contributed by atoms with E-state index in [2.05, 4.69) is 43.3 Å². The Morgan fingerprint density at radius 3 is 0.855 bits per heavy atom. The normalized spacial score (nSPS) is 10.6. The number of aryl methyl sites for hydroxylation is 4. The van der Waals surface area contributed by atoms with Gasteiger partial charge >= 0.3 is 41.8 Å². The van der Waals surface area contributed by atoms with Crippen molar-refractivity contribution in [3.63, 3.8) is 0 Å². The molecule has 0 unspecified atom stereocenters. The zero-order chi connectivity index (χ0) is 55.1. The predicted octanol–water partition coefficient (Wildman–Crippen LogP) is 12.6. The molecule has 0 radical (unpaired) electrons. The van der Waals surface area contributed by atoms with E-state index in [1.54, 1.807) is 36.4 Å². The van der Waals surface area contributed by atoms with Crippen molar-refractivity contribution in [2.45, 2.75) is 96.8 Å². The summed E-state index contributed by atoms with van der Waals surface area (Å²) in [6.07, 6.45) is 8.88. The minimum absolute atomic E-state index is 0.0616. The Bertz CT molecular complexity index is 3190. The summed E-state index contributed by atoms with van der Waals surface area (Å²) in [5.74, 6) is -6.25. The van der Waals surface area contributed by atoms with E-state index in [1.165, 1.54) is 53.3 Å². The molecular formula is C62H62O14. The van der Waals surface area contributed by atoms with Crippen LogP contribution in [-0.4, -0.2) is 77.5 Å². The molecule has 8 aromatic rings. The summed E-state index contributed by atoms with van der Waals surface area (Å²) in [7, 11) is 0. The Balaban J connectivity index is 0.000000188. The van der Waals surface area contributed by atoms with E-state index in [0.717, 1.165) is 58.4 Å². The predicted molar refractivity (Wildman–Crippen MR) is 293 cm³/mol. The highest BCUT2D eigenvalue weighted by molar-refractivity contribution is 6.11. The van der Waals surface area contributed by atoms with Crippen LogP contribution in [0.5, 0.6) is 0 Å². The first-order valence-electron chi connectivity index (χ1n) is 25.0. The molecule has 76 heavy (non-hydrogen) atoms. The molecule has 0 saturated heterocycles. The van der Waals surface area contributed by atoms with E-state index in [4.69, 9.17) is 35.7 Å². The highest BCUT2D eigenvalue weighted by Crippen LogP contribution is 2.28. The number of fused-ring (bicyclic) bond motifs is 4. The maximum atomic E-state index is 10.9. The van der Waals surface area contributed by atoms with Crippen LogP contribution in [0.15, 0.2) is 146 Å². The molecule has 0 atom stereocenters. The monoisotopic (exact) mass is 1030 g/mol. The van der Waals surface area contributed by atoms with Crippen LogP contribution in [0.4, 0.5) is 0 Å². The lowest BCUT2D eigenvalue weighted by molar-refractivity contribution is -0.138. The van der Waals surface area contributed by atoms with Gasteiger partial charge < -0.3 is 35.7 Å². The lowest BCUT2D eigenvalue weighted by Gasteiger charge is -2.11. The van der Waals surface area contributed by atoms with Crippen molar-refractivity contribution in [2.75, 3.05) is 0 Å². The van der Waals surface area contributed by atoms with Crippen LogP contribution in [-0.2, 0) is 62.5 Å². The molecular weight excluding hydrogens is 969 g/mol. The summed E-state index contributed by atoms with van der Waals surface area (Å²) in [4.78, 5) is 75.4. The second-order valence-corrected chi connectivity index (χ2v) is 18.1. The summed E-state index contributed by atoms with van der Waals surface area (Å²) >= 11 is 0. The van der Waals surface area contributed by atoms with Crippen LogP contribution in [0.2, 0.25) is 0 Å². The van der Waals surface area contributed by atoms with Crippen molar-refractivity contribution in [1.29, 1.82) is 0 Å². The fourth-order valence-electron chi connectivity index (χ4n) is 9.09. The second-order valence-electron chi connectivity index (χ2n) is 18.1. The number of aromatic carboxylic acids is 2. The Hall–Kier alpha value is -8.91. The van der Waals surface area contributed by atoms with Gasteiger partial charge in [0.1, 0.15) is 0 Å². The van der Waals surface area contributed by atoms with Gasteiger partial charge in [0.15, 0.2) is 0 Å². The van der Waals surface area contributed by atoms with Crippen molar-refractivity contribution >= 4 is 84.9 Å². The summed E-state index contributed by atoms with van der Waals surface area (Å²) in [6, 6.07) is 44.5. The summed E-state index contributed by atoms with van der Waals surface area (Å²) in [5, 5.41) is 69.1. The summed E-state index contributed by atoms with van der Waals surface area (Å²) in [6.45, 7) is 2.23. The van der Waals surface area contributed by atoms with Crippen molar-refractivity contribution in [2.24, 2.45) is 0 Å². The van der Waals surface area contributed by atoms with E-state index in [-0.39, 0.29) is 43.2 Å². The van der Waals surface area contributed by atoms with Gasteiger partial charge in [-0.1, -0.05) is 153 Å². The number of hydrogen-bond donors (Lipinski definition) is 7. The molecule has 0 amide bonds. The molecule has 7 N–H and O–H groups in total. The third-order valence-electron chi connectivity index (χ3n) is 12.7. The minimum atomic E-state index is -1.06. The first-order valence-corrected chi connectivity index (χ1v) is 25.0. The summed E-state index contributed by atoms with van der Waals surface area (Å²) in [5.41, 5.74) is 6.39. The largest absolute Gasteiger partial charge is 0.481 e. The number of aliphatic carboxylic acids is 5. The molecule has 0 aliphatic heterocycles. The van der Waals surface area contributed by atoms with Gasteiger partial charge in [-0.3, -0.25) is 24.0 Å². The van der Waals surface area contributed by atoms with Crippen molar-refractivity contribution in [1.82, 2.24) is 0 Å². The highest BCUT2D eigenvalue weighted by atomic mass is 16.4. The highest BCUT2D eigenvalue weighted by Gasteiger charge is 2.15. The lowest BCUT2D eigenvalue weighted by Crippen LogP contribution is -2.04. The van der Waals surface area contributed by atoms with Crippen molar-refractivity contribution in [3.05, 3.63) is 190 Å². The van der Waals surface area contributed by atoms with E-state index in [9.17, 15) is 33.6 Å². The Labute approximate surface area is 439 Å². The average Bonchev–Trinajstić information content (AvgIpc) is 3.39. The number of carbonyl (C=O) groups is 7. The minimum Gasteiger partial charge on any atom is -0.481 e. The molecule has 0 aromatic heterocycles. The zero-order valence-electron chi connectivity index (χ0n) is 42.2. The topological polar surface area (TPSA) is 261 Å². The fourth-order valence-corrected chi connectivity index (χ4v) is 9.09. The van der Waals surface area contributed by atoms with Crippen LogP contribution in [0, 0.1) is 0 Å². The lowest BCUT2D eigenvalue weighted by atomic mass is 9.94. The van der Waals surface area contributed by atoms with E-state index in [0.29, 0.717) is 34.7 Å². The van der Waals surface area contributed by atoms with Gasteiger partial charge in [-0.05, 0) is 134 Å². The van der Waals surface area contributed by atoms with Gasteiger partial charge in [-0.2, -0.15) is 0 Å². The number of hydrogen-bond acceptors (Lipinski definition) is 7. The van der Waals surface area contributed by atoms with Gasteiger partial charge in [0.05, 0.1) is 24.0 Å². The maximum Gasteiger partial charge on any atom is 0.336 e. The second kappa shape index (κ2) is 29.1. The third-order valence-corrected chi connectivity index (χ3v) is 12.7. The van der Waals surface area contributed by atoms with Gasteiger partial charge in [0.2, 0.25) is 0 Å². The Morgan fingerprint density at radius 2 is 0.566 bits per heavy atom. The van der Waals surface area contributed by atoms with Crippen LogP contribution in [0.3, 0.4) is 0 Å². The molecule has 0 bridgehead atoms. The van der Waals surface area contributed by atoms with Crippen molar-refractivity contribution < 1.29 is 69.3 Å². The van der Waals surface area contributed by atoms with Gasteiger partial charge in [0.25, 0.3) is 0 Å².